The van der Waals surface area contributed by atoms with E-state index in [1.165, 1.54) is 11.3 Å². The number of nitrogens with zero attached hydrogens (tertiary/aromatic N) is 3. The SMILES string of the molecule is [C-]#[N+]c1cc2c(Oc3ccc(NC(=O)Nc4nccs4)cc3)ccnc2cc1OCCOC. The molecule has 0 aliphatic carbocycles. The van der Waals surface area contributed by atoms with Crippen molar-refractivity contribution in [1.29, 1.82) is 0 Å². The van der Waals surface area contributed by atoms with Crippen LogP contribution in [0.2, 0.25) is 0 Å². The molecule has 2 heterocycles. The van der Waals surface area contributed by atoms with Crippen molar-refractivity contribution in [2.24, 2.45) is 0 Å². The number of hydrogen-bond donors (Lipinski definition) is 2. The van der Waals surface area contributed by atoms with Crippen molar-refractivity contribution in [1.82, 2.24) is 9.97 Å². The minimum atomic E-state index is -0.381. The van der Waals surface area contributed by atoms with E-state index in [1.807, 2.05) is 0 Å². The summed E-state index contributed by atoms with van der Waals surface area (Å²) in [4.78, 5) is 24.0. The number of anilines is 2. The molecular formula is C23H19N5O4S. The third kappa shape index (κ3) is 5.54. The van der Waals surface area contributed by atoms with Crippen LogP contribution in [-0.4, -0.2) is 36.3 Å². The highest BCUT2D eigenvalue weighted by Gasteiger charge is 2.12. The van der Waals surface area contributed by atoms with Crippen LogP contribution >= 0.6 is 11.3 Å². The van der Waals surface area contributed by atoms with E-state index >= 15 is 0 Å². The zero-order valence-corrected chi connectivity index (χ0v) is 18.4. The van der Waals surface area contributed by atoms with Gasteiger partial charge in [-0.15, -0.1) is 11.3 Å². The molecule has 0 unspecified atom stereocenters. The number of carbonyl (C=O) groups excluding carboxylic acids is 1. The lowest BCUT2D eigenvalue weighted by molar-refractivity contribution is 0.147. The Hall–Kier alpha value is -4.20. The first-order valence-corrected chi connectivity index (χ1v) is 10.7. The molecule has 0 saturated carbocycles. The molecule has 0 atom stereocenters. The van der Waals surface area contributed by atoms with E-state index in [1.54, 1.807) is 67.3 Å². The van der Waals surface area contributed by atoms with Crippen LogP contribution in [-0.2, 0) is 4.74 Å². The van der Waals surface area contributed by atoms with Gasteiger partial charge in [0.25, 0.3) is 0 Å². The number of urea groups is 1. The highest BCUT2D eigenvalue weighted by Crippen LogP contribution is 2.37. The van der Waals surface area contributed by atoms with Crippen LogP contribution in [0.25, 0.3) is 15.7 Å². The quantitative estimate of drug-likeness (QED) is 0.258. The van der Waals surface area contributed by atoms with Crippen molar-refractivity contribution >= 4 is 44.8 Å². The number of fused-ring (bicyclic) bond motifs is 1. The number of pyridine rings is 1. The predicted octanol–water partition coefficient (Wildman–Crippen LogP) is 5.70. The molecule has 0 spiro atoms. The summed E-state index contributed by atoms with van der Waals surface area (Å²) in [5.74, 6) is 1.57. The van der Waals surface area contributed by atoms with E-state index in [-0.39, 0.29) is 6.03 Å². The fraction of sp³-hybridized carbons (Fsp3) is 0.130. The fourth-order valence-corrected chi connectivity index (χ4v) is 3.47. The molecule has 4 rings (SSSR count). The second-order valence-electron chi connectivity index (χ2n) is 6.64. The van der Waals surface area contributed by atoms with Crippen molar-refractivity contribution < 1.29 is 19.0 Å². The van der Waals surface area contributed by atoms with Crippen molar-refractivity contribution in [3.63, 3.8) is 0 Å². The average Bonchev–Trinajstić information content (AvgIpc) is 3.33. The van der Waals surface area contributed by atoms with Gasteiger partial charge in [-0.3, -0.25) is 10.3 Å². The Balaban J connectivity index is 1.49. The Morgan fingerprint density at radius 3 is 2.64 bits per heavy atom. The van der Waals surface area contributed by atoms with Crippen LogP contribution in [0.1, 0.15) is 0 Å². The number of rotatable bonds is 8. The largest absolute Gasteiger partial charge is 0.502 e. The molecule has 166 valence electrons. The lowest BCUT2D eigenvalue weighted by atomic mass is 10.1. The standard InChI is InChI=1S/C23H19N5O4S/c1-24-19-13-17-18(14-21(19)31-11-10-30-2)25-8-7-20(17)32-16-5-3-15(4-6-16)27-22(29)28-23-26-9-12-33-23/h3-9,12-14H,10-11H2,2H3,(H2,26,27,28,29). The number of aromatic nitrogens is 2. The zero-order valence-electron chi connectivity index (χ0n) is 17.6. The Kier molecular flexibility index (Phi) is 6.94. The van der Waals surface area contributed by atoms with Gasteiger partial charge in [0, 0.05) is 36.0 Å². The summed E-state index contributed by atoms with van der Waals surface area (Å²) in [6.45, 7) is 8.24. The summed E-state index contributed by atoms with van der Waals surface area (Å²) in [6, 6.07) is 11.7. The van der Waals surface area contributed by atoms with E-state index in [9.17, 15) is 4.79 Å². The van der Waals surface area contributed by atoms with Crippen LogP contribution in [0.3, 0.4) is 0 Å². The van der Waals surface area contributed by atoms with Gasteiger partial charge in [0.15, 0.2) is 5.13 Å². The molecule has 0 radical (unpaired) electrons. The number of thiazole rings is 1. The lowest BCUT2D eigenvalue weighted by Gasteiger charge is -2.12. The van der Waals surface area contributed by atoms with E-state index in [0.29, 0.717) is 57.9 Å². The number of benzene rings is 2. The van der Waals surface area contributed by atoms with Gasteiger partial charge in [-0.1, -0.05) is 0 Å². The summed E-state index contributed by atoms with van der Waals surface area (Å²) in [7, 11) is 1.59. The van der Waals surface area contributed by atoms with Crippen molar-refractivity contribution in [2.45, 2.75) is 0 Å². The molecule has 2 N–H and O–H groups in total. The topological polar surface area (TPSA) is 99.0 Å². The molecule has 2 aromatic heterocycles. The maximum atomic E-state index is 12.0. The van der Waals surface area contributed by atoms with Crippen LogP contribution in [0.5, 0.6) is 17.2 Å². The number of nitrogens with one attached hydrogen (secondary N) is 2. The number of hydrogen-bond acceptors (Lipinski definition) is 7. The lowest BCUT2D eigenvalue weighted by Crippen LogP contribution is -2.19. The van der Waals surface area contributed by atoms with Crippen LogP contribution in [0.4, 0.5) is 21.3 Å². The third-order valence-electron chi connectivity index (χ3n) is 4.44. The molecule has 0 aliphatic heterocycles. The maximum absolute atomic E-state index is 12.0. The Morgan fingerprint density at radius 1 is 1.06 bits per heavy atom. The molecular weight excluding hydrogens is 442 g/mol. The smallest absolute Gasteiger partial charge is 0.325 e. The summed E-state index contributed by atoms with van der Waals surface area (Å²) < 4.78 is 16.7. The Bertz CT molecular complexity index is 1290. The summed E-state index contributed by atoms with van der Waals surface area (Å²) in [6.07, 6.45) is 3.25. The first-order valence-electron chi connectivity index (χ1n) is 9.83. The molecule has 4 aromatic rings. The molecule has 2 aromatic carbocycles. The predicted molar refractivity (Wildman–Crippen MR) is 127 cm³/mol. The van der Waals surface area contributed by atoms with Crippen molar-refractivity contribution in [2.75, 3.05) is 31.0 Å². The first-order chi connectivity index (χ1) is 16.2. The molecule has 2 amide bonds. The van der Waals surface area contributed by atoms with E-state index < -0.39 is 0 Å². The normalized spacial score (nSPS) is 10.4. The van der Waals surface area contributed by atoms with Crippen LogP contribution in [0, 0.1) is 6.57 Å². The van der Waals surface area contributed by atoms with Crippen molar-refractivity contribution in [3.8, 4) is 17.2 Å². The number of methoxy groups -OCH3 is 1. The average molecular weight is 462 g/mol. The highest BCUT2D eigenvalue weighted by molar-refractivity contribution is 7.13. The molecule has 0 bridgehead atoms. The van der Waals surface area contributed by atoms with E-state index in [4.69, 9.17) is 20.8 Å². The molecule has 10 heteroatoms. The van der Waals surface area contributed by atoms with E-state index in [2.05, 4.69) is 25.4 Å². The van der Waals surface area contributed by atoms with Gasteiger partial charge >= 0.3 is 6.03 Å². The zero-order chi connectivity index (χ0) is 23.0. The molecule has 0 aliphatic rings. The monoisotopic (exact) mass is 461 g/mol. The Labute approximate surface area is 193 Å². The van der Waals surface area contributed by atoms with Crippen molar-refractivity contribution in [3.05, 3.63) is 71.7 Å². The van der Waals surface area contributed by atoms with Gasteiger partial charge in [-0.05, 0) is 42.5 Å². The maximum Gasteiger partial charge on any atom is 0.325 e. The third-order valence-corrected chi connectivity index (χ3v) is 5.13. The Morgan fingerprint density at radius 2 is 1.91 bits per heavy atom. The highest BCUT2D eigenvalue weighted by atomic mass is 32.1. The minimum absolute atomic E-state index is 0.336. The fourth-order valence-electron chi connectivity index (χ4n) is 2.94. The number of carbonyl (C=O) groups is 1. The first kappa shape index (κ1) is 22.0. The minimum Gasteiger partial charge on any atom is -0.502 e. The number of ether oxygens (including phenoxy) is 3. The number of amides is 2. The van der Waals surface area contributed by atoms with Gasteiger partial charge in [0.1, 0.15) is 23.9 Å². The van der Waals surface area contributed by atoms with Crippen LogP contribution < -0.4 is 20.1 Å². The molecule has 9 nitrogen and oxygen atoms in total. The summed E-state index contributed by atoms with van der Waals surface area (Å²) in [5, 5.41) is 8.38. The van der Waals surface area contributed by atoms with E-state index in [0.717, 1.165) is 0 Å². The second kappa shape index (κ2) is 10.4. The van der Waals surface area contributed by atoms with Gasteiger partial charge < -0.3 is 19.5 Å². The summed E-state index contributed by atoms with van der Waals surface area (Å²) >= 11 is 1.33. The van der Waals surface area contributed by atoms with Crippen LogP contribution in [0.15, 0.2) is 60.2 Å². The molecule has 0 saturated heterocycles. The molecule has 0 fully saturated rings. The van der Waals surface area contributed by atoms with Gasteiger partial charge in [-0.25, -0.2) is 14.6 Å². The van der Waals surface area contributed by atoms with Gasteiger partial charge in [0.2, 0.25) is 5.69 Å². The second-order valence-corrected chi connectivity index (χ2v) is 7.54. The summed E-state index contributed by atoms with van der Waals surface area (Å²) in [5.41, 5.74) is 1.61. The van der Waals surface area contributed by atoms with Gasteiger partial charge in [-0.2, -0.15) is 0 Å². The molecule has 33 heavy (non-hydrogen) atoms. The van der Waals surface area contributed by atoms with Gasteiger partial charge in [0.05, 0.1) is 18.7 Å².